The van der Waals surface area contributed by atoms with Crippen LogP contribution in [0.25, 0.3) is 0 Å². The predicted molar refractivity (Wildman–Crippen MR) is 106 cm³/mol. The first-order chi connectivity index (χ1) is 13.5. The van der Waals surface area contributed by atoms with Gasteiger partial charge in [0.1, 0.15) is 12.4 Å². The molecule has 2 aromatic rings. The lowest BCUT2D eigenvalue weighted by atomic mass is 9.81. The molecule has 1 aliphatic heterocycles. The fraction of sp³-hybridized carbons (Fsp3) is 0.400. The van der Waals surface area contributed by atoms with E-state index in [0.29, 0.717) is 12.4 Å². The van der Waals surface area contributed by atoms with Gasteiger partial charge in [0, 0.05) is 10.5 Å². The highest BCUT2D eigenvalue weighted by Crippen LogP contribution is 2.37. The number of aromatic nitrogens is 2. The van der Waals surface area contributed by atoms with Gasteiger partial charge in [-0.1, -0.05) is 40.9 Å². The molecule has 1 aliphatic carbocycles. The molecule has 1 aromatic heterocycles. The average molecular weight is 445 g/mol. The van der Waals surface area contributed by atoms with Crippen molar-refractivity contribution in [3.05, 3.63) is 46.6 Å². The van der Waals surface area contributed by atoms with Gasteiger partial charge in [-0.3, -0.25) is 19.3 Å². The number of hydrogen-bond donors (Lipinski definition) is 1. The molecule has 1 aromatic carbocycles. The average Bonchev–Trinajstić information content (AvgIpc) is 3.22. The highest BCUT2D eigenvalue weighted by molar-refractivity contribution is 9.10. The van der Waals surface area contributed by atoms with Gasteiger partial charge in [-0.25, -0.2) is 4.68 Å². The van der Waals surface area contributed by atoms with Crippen LogP contribution in [0.1, 0.15) is 31.2 Å². The van der Waals surface area contributed by atoms with E-state index in [4.69, 9.17) is 0 Å². The SMILES string of the molecule is O=C(CN1C(=O)[C@@H]2CCCC[C@H]2C1=O)Nc1ccnn1Cc1ccc(Br)cc1. The van der Waals surface area contributed by atoms with Crippen LogP contribution in [0.5, 0.6) is 0 Å². The van der Waals surface area contributed by atoms with E-state index in [1.165, 1.54) is 0 Å². The standard InChI is InChI=1S/C20H21BrN4O3/c21-14-7-5-13(6-8-14)11-25-17(9-10-22-25)23-18(26)12-24-19(27)15-3-1-2-4-16(15)20(24)28/h5-10,15-16H,1-4,11-12H2,(H,23,26)/t15-,16-/m1/s1. The van der Waals surface area contributed by atoms with Crippen LogP contribution in [-0.2, 0) is 20.9 Å². The van der Waals surface area contributed by atoms with Crippen molar-refractivity contribution in [2.24, 2.45) is 11.8 Å². The number of amides is 3. The van der Waals surface area contributed by atoms with E-state index in [9.17, 15) is 14.4 Å². The smallest absolute Gasteiger partial charge is 0.245 e. The highest BCUT2D eigenvalue weighted by Gasteiger charge is 2.48. The number of carbonyl (C=O) groups is 3. The number of nitrogens with one attached hydrogen (secondary N) is 1. The molecule has 4 rings (SSSR count). The maximum Gasteiger partial charge on any atom is 0.245 e. The second-order valence-electron chi connectivity index (χ2n) is 7.31. The number of imide groups is 1. The first-order valence-corrected chi connectivity index (χ1v) is 10.2. The van der Waals surface area contributed by atoms with Crippen LogP contribution in [0.15, 0.2) is 41.0 Å². The zero-order valence-electron chi connectivity index (χ0n) is 15.3. The molecule has 2 aliphatic rings. The number of hydrogen-bond acceptors (Lipinski definition) is 4. The normalized spacial score (nSPS) is 21.7. The first kappa shape index (κ1) is 18.9. The third-order valence-electron chi connectivity index (χ3n) is 5.46. The Morgan fingerprint density at radius 1 is 1.07 bits per heavy atom. The second kappa shape index (κ2) is 7.87. The number of halogens is 1. The molecule has 8 heteroatoms. The van der Waals surface area contributed by atoms with Crippen molar-refractivity contribution in [2.45, 2.75) is 32.2 Å². The van der Waals surface area contributed by atoms with Gasteiger partial charge in [0.05, 0.1) is 24.6 Å². The van der Waals surface area contributed by atoms with Crippen LogP contribution in [0.3, 0.4) is 0 Å². The number of carbonyl (C=O) groups excluding carboxylic acids is 3. The van der Waals surface area contributed by atoms with E-state index in [0.717, 1.165) is 40.6 Å². The van der Waals surface area contributed by atoms with Crippen molar-refractivity contribution in [3.8, 4) is 0 Å². The lowest BCUT2D eigenvalue weighted by Gasteiger charge is -2.19. The zero-order chi connectivity index (χ0) is 19.7. The topological polar surface area (TPSA) is 84.3 Å². The molecule has 28 heavy (non-hydrogen) atoms. The molecule has 1 N–H and O–H groups in total. The number of fused-ring (bicyclic) bond motifs is 1. The Morgan fingerprint density at radius 3 is 2.36 bits per heavy atom. The van der Waals surface area contributed by atoms with Crippen LogP contribution in [-0.4, -0.2) is 38.9 Å². The summed E-state index contributed by atoms with van der Waals surface area (Å²) in [4.78, 5) is 38.7. The first-order valence-electron chi connectivity index (χ1n) is 9.44. The Balaban J connectivity index is 1.41. The van der Waals surface area contributed by atoms with Crippen molar-refractivity contribution in [1.29, 1.82) is 0 Å². The maximum atomic E-state index is 12.5. The summed E-state index contributed by atoms with van der Waals surface area (Å²) in [6.07, 6.45) is 5.03. The minimum atomic E-state index is -0.391. The molecule has 1 saturated heterocycles. The fourth-order valence-electron chi connectivity index (χ4n) is 4.04. The van der Waals surface area contributed by atoms with Crippen molar-refractivity contribution in [1.82, 2.24) is 14.7 Å². The second-order valence-corrected chi connectivity index (χ2v) is 8.22. The van der Waals surface area contributed by atoms with Gasteiger partial charge in [0.15, 0.2) is 0 Å². The molecule has 2 heterocycles. The molecule has 0 unspecified atom stereocenters. The number of likely N-dealkylation sites (tertiary alicyclic amines) is 1. The molecular formula is C20H21BrN4O3. The third-order valence-corrected chi connectivity index (χ3v) is 5.99. The van der Waals surface area contributed by atoms with Crippen molar-refractivity contribution >= 4 is 39.5 Å². The van der Waals surface area contributed by atoms with Crippen LogP contribution in [0.4, 0.5) is 5.82 Å². The number of anilines is 1. The molecule has 7 nitrogen and oxygen atoms in total. The van der Waals surface area contributed by atoms with E-state index >= 15 is 0 Å². The molecule has 3 amide bonds. The fourth-order valence-corrected chi connectivity index (χ4v) is 4.30. The molecular weight excluding hydrogens is 424 g/mol. The molecule has 146 valence electrons. The summed E-state index contributed by atoms with van der Waals surface area (Å²) in [6, 6.07) is 9.54. The van der Waals surface area contributed by atoms with E-state index in [1.54, 1.807) is 16.9 Å². The summed E-state index contributed by atoms with van der Waals surface area (Å²) in [7, 11) is 0. The van der Waals surface area contributed by atoms with Gasteiger partial charge in [0.2, 0.25) is 17.7 Å². The summed E-state index contributed by atoms with van der Waals surface area (Å²) in [5.41, 5.74) is 1.04. The van der Waals surface area contributed by atoms with Crippen LogP contribution >= 0.6 is 15.9 Å². The maximum absolute atomic E-state index is 12.5. The van der Waals surface area contributed by atoms with Crippen LogP contribution in [0, 0.1) is 11.8 Å². The molecule has 2 fully saturated rings. The number of nitrogens with zero attached hydrogens (tertiary/aromatic N) is 3. The van der Waals surface area contributed by atoms with Gasteiger partial charge >= 0.3 is 0 Å². The van der Waals surface area contributed by atoms with Gasteiger partial charge in [-0.15, -0.1) is 0 Å². The van der Waals surface area contributed by atoms with Gasteiger partial charge < -0.3 is 5.32 Å². The zero-order valence-corrected chi connectivity index (χ0v) is 16.9. The number of benzene rings is 1. The minimum Gasteiger partial charge on any atom is -0.309 e. The van der Waals surface area contributed by atoms with Gasteiger partial charge in [-0.05, 0) is 30.5 Å². The van der Waals surface area contributed by atoms with E-state index in [2.05, 4.69) is 26.3 Å². The Kier molecular flexibility index (Phi) is 5.30. The summed E-state index contributed by atoms with van der Waals surface area (Å²) in [5, 5.41) is 7.03. The number of rotatable bonds is 5. The van der Waals surface area contributed by atoms with E-state index in [1.807, 2.05) is 24.3 Å². The lowest BCUT2D eigenvalue weighted by molar-refractivity contribution is -0.142. The molecule has 0 bridgehead atoms. The van der Waals surface area contributed by atoms with E-state index < -0.39 is 5.91 Å². The van der Waals surface area contributed by atoms with Gasteiger partial charge in [-0.2, -0.15) is 5.10 Å². The molecule has 2 atom stereocenters. The monoisotopic (exact) mass is 444 g/mol. The Morgan fingerprint density at radius 2 is 1.71 bits per heavy atom. The molecule has 1 saturated carbocycles. The van der Waals surface area contributed by atoms with E-state index in [-0.39, 0.29) is 30.2 Å². The molecule has 0 radical (unpaired) electrons. The highest BCUT2D eigenvalue weighted by atomic mass is 79.9. The van der Waals surface area contributed by atoms with Crippen molar-refractivity contribution in [2.75, 3.05) is 11.9 Å². The lowest BCUT2D eigenvalue weighted by Crippen LogP contribution is -2.38. The summed E-state index contributed by atoms with van der Waals surface area (Å²) >= 11 is 3.41. The van der Waals surface area contributed by atoms with Crippen molar-refractivity contribution in [3.63, 3.8) is 0 Å². The van der Waals surface area contributed by atoms with Gasteiger partial charge in [0.25, 0.3) is 0 Å². The molecule has 0 spiro atoms. The predicted octanol–water partition coefficient (Wildman–Crippen LogP) is 2.81. The largest absolute Gasteiger partial charge is 0.309 e. The van der Waals surface area contributed by atoms with Crippen LogP contribution < -0.4 is 5.32 Å². The minimum absolute atomic E-state index is 0.201. The Hall–Kier alpha value is -2.48. The third kappa shape index (κ3) is 3.73. The summed E-state index contributed by atoms with van der Waals surface area (Å²) < 4.78 is 2.67. The van der Waals surface area contributed by atoms with Crippen LogP contribution in [0.2, 0.25) is 0 Å². The quantitative estimate of drug-likeness (QED) is 0.718. The van der Waals surface area contributed by atoms with Crippen molar-refractivity contribution < 1.29 is 14.4 Å². The Bertz CT molecular complexity index is 884. The Labute approximate surface area is 171 Å². The summed E-state index contributed by atoms with van der Waals surface area (Å²) in [5.74, 6) is -0.738. The summed E-state index contributed by atoms with van der Waals surface area (Å²) in [6.45, 7) is 0.260.